The summed E-state index contributed by atoms with van der Waals surface area (Å²) in [6.45, 7) is 8.02. The highest BCUT2D eigenvalue weighted by Crippen LogP contribution is 2.22. The number of hydrogen-bond acceptors (Lipinski definition) is 4. The lowest BCUT2D eigenvalue weighted by molar-refractivity contribution is -0.116. The van der Waals surface area contributed by atoms with Crippen molar-refractivity contribution in [1.82, 2.24) is 10.1 Å². The SMILES string of the molecule is Cc1cc(NC(=O)CN(C)C(=O)c2ccc(C(C)(C)C)cc2)no1. The van der Waals surface area contributed by atoms with E-state index in [1.807, 2.05) is 12.1 Å². The molecular formula is C18H23N3O3. The van der Waals surface area contributed by atoms with Gasteiger partial charge in [0.1, 0.15) is 5.76 Å². The van der Waals surface area contributed by atoms with Crippen molar-refractivity contribution in [2.24, 2.45) is 0 Å². The molecule has 1 aromatic carbocycles. The van der Waals surface area contributed by atoms with Crippen molar-refractivity contribution in [2.75, 3.05) is 18.9 Å². The molecule has 0 aliphatic rings. The number of likely N-dealkylation sites (N-methyl/N-ethyl adjacent to an activating group) is 1. The molecule has 6 nitrogen and oxygen atoms in total. The van der Waals surface area contributed by atoms with Gasteiger partial charge in [-0.2, -0.15) is 0 Å². The molecule has 128 valence electrons. The van der Waals surface area contributed by atoms with Gasteiger partial charge in [0.2, 0.25) is 5.91 Å². The topological polar surface area (TPSA) is 75.4 Å². The van der Waals surface area contributed by atoms with Crippen molar-refractivity contribution < 1.29 is 14.1 Å². The van der Waals surface area contributed by atoms with Crippen molar-refractivity contribution in [1.29, 1.82) is 0 Å². The van der Waals surface area contributed by atoms with Crippen molar-refractivity contribution in [3.63, 3.8) is 0 Å². The lowest BCUT2D eigenvalue weighted by atomic mass is 9.86. The number of nitrogens with one attached hydrogen (secondary N) is 1. The summed E-state index contributed by atoms with van der Waals surface area (Å²) >= 11 is 0. The predicted octanol–water partition coefficient (Wildman–Crippen LogP) is 2.99. The molecule has 1 heterocycles. The van der Waals surface area contributed by atoms with E-state index in [9.17, 15) is 9.59 Å². The van der Waals surface area contributed by atoms with Crippen molar-refractivity contribution in [3.8, 4) is 0 Å². The van der Waals surface area contributed by atoms with Crippen LogP contribution in [-0.2, 0) is 10.2 Å². The molecule has 0 atom stereocenters. The van der Waals surface area contributed by atoms with E-state index >= 15 is 0 Å². The Kier molecular flexibility index (Phi) is 5.07. The number of rotatable bonds is 4. The maximum atomic E-state index is 12.4. The molecule has 0 bridgehead atoms. The van der Waals surface area contributed by atoms with Gasteiger partial charge < -0.3 is 14.7 Å². The highest BCUT2D eigenvalue weighted by Gasteiger charge is 2.18. The summed E-state index contributed by atoms with van der Waals surface area (Å²) in [6, 6.07) is 9.08. The molecular weight excluding hydrogens is 306 g/mol. The molecule has 0 spiro atoms. The zero-order valence-corrected chi connectivity index (χ0v) is 14.7. The van der Waals surface area contributed by atoms with Crippen LogP contribution in [-0.4, -0.2) is 35.5 Å². The molecule has 0 radical (unpaired) electrons. The number of amides is 2. The Labute approximate surface area is 141 Å². The number of nitrogens with zero attached hydrogens (tertiary/aromatic N) is 2. The first-order valence-corrected chi connectivity index (χ1v) is 7.76. The molecule has 2 rings (SSSR count). The second-order valence-electron chi connectivity index (χ2n) is 6.86. The van der Waals surface area contributed by atoms with E-state index in [4.69, 9.17) is 4.52 Å². The van der Waals surface area contributed by atoms with Gasteiger partial charge in [0.05, 0.1) is 6.54 Å². The Balaban J connectivity index is 1.97. The standard InChI is InChI=1S/C18H23N3O3/c1-12-10-15(20-24-12)19-16(22)11-21(5)17(23)13-6-8-14(9-7-13)18(2,3)4/h6-10H,11H2,1-5H3,(H,19,20,22). The first kappa shape index (κ1) is 17.7. The molecule has 2 amide bonds. The van der Waals surface area contributed by atoms with Crippen LogP contribution >= 0.6 is 0 Å². The fourth-order valence-corrected chi connectivity index (χ4v) is 2.23. The third-order valence-electron chi connectivity index (χ3n) is 3.62. The molecule has 1 aromatic heterocycles. The number of anilines is 1. The van der Waals surface area contributed by atoms with E-state index in [-0.39, 0.29) is 23.8 Å². The number of benzene rings is 1. The van der Waals surface area contributed by atoms with Gasteiger partial charge in [0.15, 0.2) is 5.82 Å². The van der Waals surface area contributed by atoms with Gasteiger partial charge >= 0.3 is 0 Å². The lowest BCUT2D eigenvalue weighted by Crippen LogP contribution is -2.35. The van der Waals surface area contributed by atoms with Crippen LogP contribution in [0.3, 0.4) is 0 Å². The van der Waals surface area contributed by atoms with Crippen LogP contribution in [0, 0.1) is 6.92 Å². The van der Waals surface area contributed by atoms with Crippen molar-refractivity contribution in [2.45, 2.75) is 33.1 Å². The normalized spacial score (nSPS) is 11.2. The number of carbonyl (C=O) groups excluding carboxylic acids is 2. The second-order valence-corrected chi connectivity index (χ2v) is 6.86. The van der Waals surface area contributed by atoms with Crippen molar-refractivity contribution >= 4 is 17.6 Å². The van der Waals surface area contributed by atoms with Crippen LogP contribution in [0.1, 0.15) is 42.5 Å². The first-order valence-electron chi connectivity index (χ1n) is 7.76. The number of carbonyl (C=O) groups is 2. The monoisotopic (exact) mass is 329 g/mol. The van der Waals surface area contributed by atoms with Crippen LogP contribution in [0.25, 0.3) is 0 Å². The summed E-state index contributed by atoms with van der Waals surface area (Å²) in [5.74, 6) is 0.411. The predicted molar refractivity (Wildman–Crippen MR) is 92.0 cm³/mol. The van der Waals surface area contributed by atoms with E-state index in [0.717, 1.165) is 5.56 Å². The van der Waals surface area contributed by atoms with Gasteiger partial charge in [-0.25, -0.2) is 0 Å². The second kappa shape index (κ2) is 6.86. The van der Waals surface area contributed by atoms with Crippen LogP contribution in [0.5, 0.6) is 0 Å². The van der Waals surface area contributed by atoms with E-state index in [1.165, 1.54) is 4.90 Å². The quantitative estimate of drug-likeness (QED) is 0.935. The molecule has 6 heteroatoms. The summed E-state index contributed by atoms with van der Waals surface area (Å²) < 4.78 is 4.88. The minimum atomic E-state index is -0.328. The first-order chi connectivity index (χ1) is 11.2. The number of aryl methyl sites for hydroxylation is 1. The van der Waals surface area contributed by atoms with Crippen LogP contribution in [0.2, 0.25) is 0 Å². The fraction of sp³-hybridized carbons (Fsp3) is 0.389. The summed E-state index contributed by atoms with van der Waals surface area (Å²) in [5, 5.41) is 6.28. The van der Waals surface area contributed by atoms with Gasteiger partial charge in [-0.05, 0) is 30.0 Å². The third-order valence-corrected chi connectivity index (χ3v) is 3.62. The summed E-state index contributed by atoms with van der Waals surface area (Å²) in [6.07, 6.45) is 0. The largest absolute Gasteiger partial charge is 0.360 e. The smallest absolute Gasteiger partial charge is 0.254 e. The summed E-state index contributed by atoms with van der Waals surface area (Å²) in [5.41, 5.74) is 1.74. The zero-order valence-electron chi connectivity index (χ0n) is 14.7. The highest BCUT2D eigenvalue weighted by molar-refractivity contribution is 5.98. The maximum absolute atomic E-state index is 12.4. The average Bonchev–Trinajstić information content (AvgIpc) is 2.90. The molecule has 0 saturated carbocycles. The summed E-state index contributed by atoms with van der Waals surface area (Å²) in [7, 11) is 1.59. The average molecular weight is 329 g/mol. The van der Waals surface area contributed by atoms with Gasteiger partial charge in [0.25, 0.3) is 5.91 Å². The highest BCUT2D eigenvalue weighted by atomic mass is 16.5. The minimum absolute atomic E-state index is 0.0308. The van der Waals surface area contributed by atoms with Gasteiger partial charge in [-0.15, -0.1) is 0 Å². The van der Waals surface area contributed by atoms with E-state index < -0.39 is 0 Å². The van der Waals surface area contributed by atoms with Gasteiger partial charge in [0, 0.05) is 18.7 Å². The fourth-order valence-electron chi connectivity index (χ4n) is 2.23. The molecule has 0 aliphatic heterocycles. The maximum Gasteiger partial charge on any atom is 0.254 e. The molecule has 0 saturated heterocycles. The van der Waals surface area contributed by atoms with Crippen molar-refractivity contribution in [3.05, 3.63) is 47.2 Å². The van der Waals surface area contributed by atoms with E-state index in [0.29, 0.717) is 17.1 Å². The molecule has 2 aromatic rings. The van der Waals surface area contributed by atoms with E-state index in [1.54, 1.807) is 32.2 Å². The number of hydrogen-bond donors (Lipinski definition) is 1. The van der Waals surface area contributed by atoms with Crippen LogP contribution < -0.4 is 5.32 Å². The Morgan fingerprint density at radius 2 is 1.83 bits per heavy atom. The van der Waals surface area contributed by atoms with Gasteiger partial charge in [-0.1, -0.05) is 38.1 Å². The zero-order chi connectivity index (χ0) is 17.9. The Morgan fingerprint density at radius 3 is 2.33 bits per heavy atom. The molecule has 1 N–H and O–H groups in total. The Hall–Kier alpha value is -2.63. The summed E-state index contributed by atoms with van der Waals surface area (Å²) in [4.78, 5) is 25.7. The molecule has 0 unspecified atom stereocenters. The van der Waals surface area contributed by atoms with Crippen LogP contribution in [0.4, 0.5) is 5.82 Å². The lowest BCUT2D eigenvalue weighted by Gasteiger charge is -2.20. The molecule has 0 fully saturated rings. The minimum Gasteiger partial charge on any atom is -0.360 e. The van der Waals surface area contributed by atoms with E-state index in [2.05, 4.69) is 31.2 Å². The van der Waals surface area contributed by atoms with Crippen LogP contribution in [0.15, 0.2) is 34.9 Å². The Bertz CT molecular complexity index is 727. The Morgan fingerprint density at radius 1 is 1.21 bits per heavy atom. The molecule has 0 aliphatic carbocycles. The van der Waals surface area contributed by atoms with Gasteiger partial charge in [-0.3, -0.25) is 9.59 Å². The number of aromatic nitrogens is 1. The molecule has 24 heavy (non-hydrogen) atoms. The third kappa shape index (κ3) is 4.44.